The van der Waals surface area contributed by atoms with Gasteiger partial charge in [0.05, 0.1) is 5.69 Å². The Morgan fingerprint density at radius 3 is 2.71 bits per heavy atom. The van der Waals surface area contributed by atoms with Gasteiger partial charge >= 0.3 is 0 Å². The van der Waals surface area contributed by atoms with Crippen molar-refractivity contribution in [1.82, 2.24) is 20.1 Å². The van der Waals surface area contributed by atoms with Gasteiger partial charge < -0.3 is 10.6 Å². The standard InChI is InChI=1S/C17H23ClFN5/c1-24-9-6-15(23-24)14-11-21-17(18)10-16(14)22-13-4-2-12(3-5-13)20-8-7-19/h6,9-13,20H,2-5,7-8H2,1H3,(H,21,22). The third kappa shape index (κ3) is 4.24. The molecule has 0 aliphatic heterocycles. The molecule has 1 aliphatic carbocycles. The number of anilines is 1. The van der Waals surface area contributed by atoms with E-state index in [1.807, 2.05) is 25.4 Å². The van der Waals surface area contributed by atoms with Crippen molar-refractivity contribution in [2.45, 2.75) is 37.8 Å². The van der Waals surface area contributed by atoms with Gasteiger partial charge in [-0.15, -0.1) is 0 Å². The molecule has 2 heterocycles. The molecular formula is C17H23ClFN5. The van der Waals surface area contributed by atoms with E-state index in [2.05, 4.69) is 20.7 Å². The van der Waals surface area contributed by atoms with Crippen LogP contribution in [-0.4, -0.2) is 40.1 Å². The molecule has 7 heteroatoms. The lowest BCUT2D eigenvalue weighted by Gasteiger charge is -2.30. The van der Waals surface area contributed by atoms with E-state index in [1.165, 1.54) is 0 Å². The number of pyridine rings is 1. The van der Waals surface area contributed by atoms with Crippen molar-refractivity contribution in [3.63, 3.8) is 0 Å². The highest BCUT2D eigenvalue weighted by atomic mass is 35.5. The van der Waals surface area contributed by atoms with Crippen molar-refractivity contribution < 1.29 is 4.39 Å². The molecule has 0 aromatic carbocycles. The molecule has 0 saturated heterocycles. The molecule has 0 spiro atoms. The zero-order valence-electron chi connectivity index (χ0n) is 13.8. The Kier molecular flexibility index (Phi) is 5.68. The number of halogens is 2. The molecule has 130 valence electrons. The van der Waals surface area contributed by atoms with Gasteiger partial charge in [-0.3, -0.25) is 4.68 Å². The second-order valence-electron chi connectivity index (χ2n) is 6.26. The molecule has 2 N–H and O–H groups in total. The van der Waals surface area contributed by atoms with E-state index in [0.29, 0.717) is 23.8 Å². The summed E-state index contributed by atoms with van der Waals surface area (Å²) in [5.41, 5.74) is 2.80. The molecule has 3 rings (SSSR count). The minimum absolute atomic E-state index is 0.304. The van der Waals surface area contributed by atoms with Gasteiger partial charge in [0.2, 0.25) is 0 Å². The Hall–Kier alpha value is -1.66. The molecule has 0 amide bonds. The number of nitrogens with zero attached hydrogens (tertiary/aromatic N) is 3. The van der Waals surface area contributed by atoms with Gasteiger partial charge in [-0.2, -0.15) is 5.10 Å². The van der Waals surface area contributed by atoms with Gasteiger partial charge in [-0.1, -0.05) is 11.6 Å². The average Bonchev–Trinajstić information content (AvgIpc) is 3.00. The molecule has 1 aliphatic rings. The summed E-state index contributed by atoms with van der Waals surface area (Å²) in [4.78, 5) is 4.19. The van der Waals surface area contributed by atoms with Crippen molar-refractivity contribution >= 4 is 17.3 Å². The largest absolute Gasteiger partial charge is 0.382 e. The van der Waals surface area contributed by atoms with E-state index < -0.39 is 0 Å². The second-order valence-corrected chi connectivity index (χ2v) is 6.65. The molecule has 2 aromatic rings. The van der Waals surface area contributed by atoms with Crippen LogP contribution in [0.15, 0.2) is 24.5 Å². The van der Waals surface area contributed by atoms with E-state index in [-0.39, 0.29) is 6.67 Å². The smallest absolute Gasteiger partial charge is 0.131 e. The number of hydrogen-bond acceptors (Lipinski definition) is 4. The van der Waals surface area contributed by atoms with Crippen LogP contribution >= 0.6 is 11.6 Å². The number of aromatic nitrogens is 3. The lowest BCUT2D eigenvalue weighted by atomic mass is 9.91. The molecular weight excluding hydrogens is 329 g/mol. The summed E-state index contributed by atoms with van der Waals surface area (Å²) in [6, 6.07) is 4.64. The molecule has 5 nitrogen and oxygen atoms in total. The Bertz CT molecular complexity index is 667. The number of rotatable bonds is 6. The maximum absolute atomic E-state index is 12.3. The number of alkyl halides is 1. The minimum atomic E-state index is -0.304. The molecule has 0 radical (unpaired) electrons. The van der Waals surface area contributed by atoms with E-state index in [1.54, 1.807) is 10.9 Å². The van der Waals surface area contributed by atoms with Gasteiger partial charge in [0.15, 0.2) is 0 Å². The Balaban J connectivity index is 1.68. The van der Waals surface area contributed by atoms with Crippen LogP contribution in [0, 0.1) is 0 Å². The van der Waals surface area contributed by atoms with Gasteiger partial charge in [-0.25, -0.2) is 9.37 Å². The molecule has 1 fully saturated rings. The van der Waals surface area contributed by atoms with Crippen molar-refractivity contribution in [2.75, 3.05) is 18.5 Å². The Morgan fingerprint density at radius 1 is 1.29 bits per heavy atom. The molecule has 0 atom stereocenters. The molecule has 0 unspecified atom stereocenters. The highest BCUT2D eigenvalue weighted by Crippen LogP contribution is 2.31. The molecule has 1 saturated carbocycles. The van der Waals surface area contributed by atoms with Crippen LogP contribution in [0.1, 0.15) is 25.7 Å². The monoisotopic (exact) mass is 351 g/mol. The van der Waals surface area contributed by atoms with Crippen molar-refractivity contribution in [3.8, 4) is 11.3 Å². The highest BCUT2D eigenvalue weighted by molar-refractivity contribution is 6.29. The van der Waals surface area contributed by atoms with Crippen molar-refractivity contribution in [2.24, 2.45) is 7.05 Å². The Morgan fingerprint density at radius 2 is 2.04 bits per heavy atom. The van der Waals surface area contributed by atoms with Gasteiger partial charge in [0.1, 0.15) is 11.8 Å². The fourth-order valence-corrected chi connectivity index (χ4v) is 3.39. The first kappa shape index (κ1) is 17.2. The van der Waals surface area contributed by atoms with Crippen LogP contribution in [0.5, 0.6) is 0 Å². The third-order valence-electron chi connectivity index (χ3n) is 4.47. The van der Waals surface area contributed by atoms with Crippen molar-refractivity contribution in [1.29, 1.82) is 0 Å². The van der Waals surface area contributed by atoms with Crippen LogP contribution in [0.4, 0.5) is 10.1 Å². The summed E-state index contributed by atoms with van der Waals surface area (Å²) in [5.74, 6) is 0. The summed E-state index contributed by atoms with van der Waals surface area (Å²) in [5, 5.41) is 11.8. The Labute approximate surface area is 146 Å². The lowest BCUT2D eigenvalue weighted by Crippen LogP contribution is -2.37. The number of hydrogen-bond donors (Lipinski definition) is 2. The van der Waals surface area contributed by atoms with Crippen LogP contribution in [-0.2, 0) is 7.05 Å². The van der Waals surface area contributed by atoms with Crippen LogP contribution < -0.4 is 10.6 Å². The fraction of sp³-hybridized carbons (Fsp3) is 0.529. The molecule has 24 heavy (non-hydrogen) atoms. The third-order valence-corrected chi connectivity index (χ3v) is 4.68. The van der Waals surface area contributed by atoms with Gasteiger partial charge in [-0.05, 0) is 37.8 Å². The van der Waals surface area contributed by atoms with E-state index in [4.69, 9.17) is 11.6 Å². The maximum Gasteiger partial charge on any atom is 0.131 e. The molecule has 0 bridgehead atoms. The normalized spacial score (nSPS) is 21.0. The maximum atomic E-state index is 12.3. The van der Waals surface area contributed by atoms with Gasteiger partial charge in [0, 0.05) is 49.3 Å². The van der Waals surface area contributed by atoms with Crippen molar-refractivity contribution in [3.05, 3.63) is 29.7 Å². The highest BCUT2D eigenvalue weighted by Gasteiger charge is 2.22. The first-order valence-corrected chi connectivity index (χ1v) is 8.75. The SMILES string of the molecule is Cn1ccc(-c2cnc(Cl)cc2NC2CCC(NCCF)CC2)n1. The topological polar surface area (TPSA) is 54.8 Å². The van der Waals surface area contributed by atoms with Crippen LogP contribution in [0.2, 0.25) is 5.15 Å². The summed E-state index contributed by atoms with van der Waals surface area (Å²) < 4.78 is 14.0. The minimum Gasteiger partial charge on any atom is -0.382 e. The first-order chi connectivity index (χ1) is 11.7. The van der Waals surface area contributed by atoms with E-state index in [9.17, 15) is 4.39 Å². The summed E-state index contributed by atoms with van der Waals surface area (Å²) in [7, 11) is 1.89. The second kappa shape index (κ2) is 7.94. The fourth-order valence-electron chi connectivity index (χ4n) is 3.23. The first-order valence-electron chi connectivity index (χ1n) is 8.37. The summed E-state index contributed by atoms with van der Waals surface area (Å²) in [6.07, 6.45) is 7.87. The number of aryl methyl sites for hydroxylation is 1. The number of nitrogens with one attached hydrogen (secondary N) is 2. The van der Waals surface area contributed by atoms with Gasteiger partial charge in [0.25, 0.3) is 0 Å². The zero-order chi connectivity index (χ0) is 16.9. The summed E-state index contributed by atoms with van der Waals surface area (Å²) >= 11 is 6.09. The predicted molar refractivity (Wildman–Crippen MR) is 95.1 cm³/mol. The van der Waals surface area contributed by atoms with E-state index >= 15 is 0 Å². The van der Waals surface area contributed by atoms with E-state index in [0.717, 1.165) is 42.6 Å². The van der Waals surface area contributed by atoms with Crippen LogP contribution in [0.3, 0.4) is 0 Å². The zero-order valence-corrected chi connectivity index (χ0v) is 14.6. The average molecular weight is 352 g/mol. The molecule has 2 aromatic heterocycles. The van der Waals surface area contributed by atoms with Crippen LogP contribution in [0.25, 0.3) is 11.3 Å². The quantitative estimate of drug-likeness (QED) is 0.783. The summed E-state index contributed by atoms with van der Waals surface area (Å²) in [6.45, 7) is 0.147. The predicted octanol–water partition coefficient (Wildman–Crippen LogP) is 3.42. The lowest BCUT2D eigenvalue weighted by molar-refractivity contribution is 0.339.